The predicted octanol–water partition coefficient (Wildman–Crippen LogP) is 2.48. The van der Waals surface area contributed by atoms with Gasteiger partial charge in [0.1, 0.15) is 0 Å². The highest BCUT2D eigenvalue weighted by Gasteiger charge is 2.30. The maximum atomic E-state index is 13.0. The lowest BCUT2D eigenvalue weighted by atomic mass is 10.0. The summed E-state index contributed by atoms with van der Waals surface area (Å²) in [6.07, 6.45) is 1.68. The average molecular weight is 334 g/mol. The van der Waals surface area contributed by atoms with Gasteiger partial charge in [0.25, 0.3) is 5.91 Å². The van der Waals surface area contributed by atoms with Gasteiger partial charge in [-0.1, -0.05) is 53.7 Å². The van der Waals surface area contributed by atoms with E-state index in [1.807, 2.05) is 65.6 Å². The molecule has 1 atom stereocenters. The van der Waals surface area contributed by atoms with Gasteiger partial charge >= 0.3 is 0 Å². The van der Waals surface area contributed by atoms with E-state index in [9.17, 15) is 4.79 Å². The van der Waals surface area contributed by atoms with Crippen LogP contribution in [0.25, 0.3) is 5.69 Å². The van der Waals surface area contributed by atoms with Crippen molar-refractivity contribution in [2.45, 2.75) is 6.04 Å². The van der Waals surface area contributed by atoms with Gasteiger partial charge in [-0.05, 0) is 17.7 Å². The summed E-state index contributed by atoms with van der Waals surface area (Å²) in [6.45, 7) is 1.56. The second-order valence-corrected chi connectivity index (χ2v) is 5.88. The fraction of sp³-hybridized carbons (Fsp3) is 0.211. The van der Waals surface area contributed by atoms with Gasteiger partial charge in [0.15, 0.2) is 5.69 Å². The van der Waals surface area contributed by atoms with Crippen LogP contribution < -0.4 is 0 Å². The summed E-state index contributed by atoms with van der Waals surface area (Å²) in [4.78, 5) is 14.8. The van der Waals surface area contributed by atoms with Crippen molar-refractivity contribution in [3.8, 4) is 5.69 Å². The first-order chi connectivity index (χ1) is 12.3. The highest BCUT2D eigenvalue weighted by atomic mass is 16.5. The molecule has 6 nitrogen and oxygen atoms in total. The standard InChI is InChI=1S/C19H18N4O2/c24-19(17-13-23(21-20-17)16-9-5-2-6-10-16)22-11-12-25-14-18(22)15-7-3-1-4-8-15/h1-10,13,18H,11-12,14H2/t18-/m0/s1. The minimum atomic E-state index is -0.126. The number of hydrogen-bond acceptors (Lipinski definition) is 4. The number of ether oxygens (including phenoxy) is 1. The molecule has 6 heteroatoms. The third-order valence-electron chi connectivity index (χ3n) is 4.31. The number of nitrogens with zero attached hydrogens (tertiary/aromatic N) is 4. The molecule has 0 radical (unpaired) electrons. The fourth-order valence-corrected chi connectivity index (χ4v) is 3.01. The summed E-state index contributed by atoms with van der Waals surface area (Å²) in [5.41, 5.74) is 2.27. The van der Waals surface area contributed by atoms with Crippen LogP contribution in [0.5, 0.6) is 0 Å². The van der Waals surface area contributed by atoms with Crippen molar-refractivity contribution in [3.05, 3.63) is 78.1 Å². The van der Waals surface area contributed by atoms with Crippen LogP contribution in [0, 0.1) is 0 Å². The zero-order chi connectivity index (χ0) is 17.1. The van der Waals surface area contributed by atoms with E-state index >= 15 is 0 Å². The Morgan fingerprint density at radius 1 is 1.04 bits per heavy atom. The molecule has 0 saturated carbocycles. The number of morpholine rings is 1. The Morgan fingerprint density at radius 3 is 2.52 bits per heavy atom. The first kappa shape index (κ1) is 15.5. The van der Waals surface area contributed by atoms with Crippen LogP contribution in [-0.2, 0) is 4.74 Å². The molecule has 4 rings (SSSR count). The van der Waals surface area contributed by atoms with E-state index in [0.29, 0.717) is 25.5 Å². The van der Waals surface area contributed by atoms with E-state index in [2.05, 4.69) is 10.3 Å². The third kappa shape index (κ3) is 3.16. The lowest BCUT2D eigenvalue weighted by Gasteiger charge is -2.35. The van der Waals surface area contributed by atoms with Crippen molar-refractivity contribution in [3.63, 3.8) is 0 Å². The number of para-hydroxylation sites is 1. The third-order valence-corrected chi connectivity index (χ3v) is 4.31. The smallest absolute Gasteiger partial charge is 0.276 e. The monoisotopic (exact) mass is 334 g/mol. The number of amides is 1. The normalized spacial score (nSPS) is 17.4. The number of carbonyl (C=O) groups is 1. The van der Waals surface area contributed by atoms with E-state index in [1.165, 1.54) is 0 Å². The van der Waals surface area contributed by atoms with E-state index < -0.39 is 0 Å². The van der Waals surface area contributed by atoms with Gasteiger partial charge in [0.2, 0.25) is 0 Å². The lowest BCUT2D eigenvalue weighted by Crippen LogP contribution is -2.43. The molecular weight excluding hydrogens is 316 g/mol. The van der Waals surface area contributed by atoms with Crippen LogP contribution in [0.15, 0.2) is 66.9 Å². The average Bonchev–Trinajstić information content (AvgIpc) is 3.19. The molecule has 1 aliphatic heterocycles. The van der Waals surface area contributed by atoms with Crippen LogP contribution in [0.3, 0.4) is 0 Å². The lowest BCUT2D eigenvalue weighted by molar-refractivity contribution is -0.00301. The van der Waals surface area contributed by atoms with Crippen LogP contribution in [0.4, 0.5) is 0 Å². The molecule has 1 amide bonds. The Labute approximate surface area is 145 Å². The number of rotatable bonds is 3. The summed E-state index contributed by atoms with van der Waals surface area (Å²) >= 11 is 0. The summed E-state index contributed by atoms with van der Waals surface area (Å²) in [5.74, 6) is -0.126. The molecule has 1 aliphatic rings. The van der Waals surface area contributed by atoms with Gasteiger partial charge in [-0.15, -0.1) is 5.10 Å². The summed E-state index contributed by atoms with van der Waals surface area (Å²) in [7, 11) is 0. The number of hydrogen-bond donors (Lipinski definition) is 0. The Balaban J connectivity index is 1.60. The molecule has 2 heterocycles. The van der Waals surface area contributed by atoms with Gasteiger partial charge in [-0.25, -0.2) is 4.68 Å². The Hall–Kier alpha value is -2.99. The molecule has 0 bridgehead atoms. The zero-order valence-electron chi connectivity index (χ0n) is 13.7. The van der Waals surface area contributed by atoms with Crippen molar-refractivity contribution in [1.82, 2.24) is 19.9 Å². The minimum absolute atomic E-state index is 0.107. The molecule has 1 fully saturated rings. The fourth-order valence-electron chi connectivity index (χ4n) is 3.01. The van der Waals surface area contributed by atoms with Gasteiger partial charge in [-0.2, -0.15) is 0 Å². The van der Waals surface area contributed by atoms with Crippen molar-refractivity contribution in [2.24, 2.45) is 0 Å². The maximum absolute atomic E-state index is 13.0. The quantitative estimate of drug-likeness (QED) is 0.738. The van der Waals surface area contributed by atoms with Crippen LogP contribution >= 0.6 is 0 Å². The largest absolute Gasteiger partial charge is 0.377 e. The molecule has 1 aromatic heterocycles. The molecule has 2 aromatic carbocycles. The second kappa shape index (κ2) is 6.86. The van der Waals surface area contributed by atoms with Gasteiger partial charge in [0.05, 0.1) is 31.1 Å². The molecule has 1 saturated heterocycles. The summed E-state index contributed by atoms with van der Waals surface area (Å²) in [5, 5.41) is 8.16. The first-order valence-corrected chi connectivity index (χ1v) is 8.24. The predicted molar refractivity (Wildman–Crippen MR) is 92.4 cm³/mol. The van der Waals surface area contributed by atoms with E-state index in [4.69, 9.17) is 4.74 Å². The van der Waals surface area contributed by atoms with E-state index in [0.717, 1.165) is 11.3 Å². The van der Waals surface area contributed by atoms with Crippen molar-refractivity contribution in [2.75, 3.05) is 19.8 Å². The highest BCUT2D eigenvalue weighted by molar-refractivity contribution is 5.92. The molecule has 0 spiro atoms. The van der Waals surface area contributed by atoms with E-state index in [-0.39, 0.29) is 11.9 Å². The molecule has 3 aromatic rings. The number of benzene rings is 2. The van der Waals surface area contributed by atoms with Crippen LogP contribution in [-0.4, -0.2) is 45.6 Å². The van der Waals surface area contributed by atoms with Crippen LogP contribution in [0.2, 0.25) is 0 Å². The molecular formula is C19H18N4O2. The molecule has 25 heavy (non-hydrogen) atoms. The van der Waals surface area contributed by atoms with Crippen molar-refractivity contribution in [1.29, 1.82) is 0 Å². The Morgan fingerprint density at radius 2 is 1.76 bits per heavy atom. The number of carbonyl (C=O) groups excluding carboxylic acids is 1. The molecule has 126 valence electrons. The second-order valence-electron chi connectivity index (χ2n) is 5.88. The Kier molecular flexibility index (Phi) is 4.26. The number of aromatic nitrogens is 3. The molecule has 0 aliphatic carbocycles. The minimum Gasteiger partial charge on any atom is -0.377 e. The Bertz CT molecular complexity index is 848. The van der Waals surface area contributed by atoms with Crippen LogP contribution in [0.1, 0.15) is 22.1 Å². The highest BCUT2D eigenvalue weighted by Crippen LogP contribution is 2.25. The SMILES string of the molecule is O=C(c1cn(-c2ccccc2)nn1)N1CCOC[C@H]1c1ccccc1. The molecule has 0 unspecified atom stereocenters. The van der Waals surface area contributed by atoms with Crippen molar-refractivity contribution < 1.29 is 9.53 Å². The van der Waals surface area contributed by atoms with Gasteiger partial charge in [0, 0.05) is 6.54 Å². The van der Waals surface area contributed by atoms with Crippen molar-refractivity contribution >= 4 is 5.91 Å². The zero-order valence-corrected chi connectivity index (χ0v) is 13.7. The summed E-state index contributed by atoms with van der Waals surface area (Å²) in [6, 6.07) is 19.4. The summed E-state index contributed by atoms with van der Waals surface area (Å²) < 4.78 is 7.21. The molecule has 0 N–H and O–H groups in total. The topological polar surface area (TPSA) is 60.2 Å². The van der Waals surface area contributed by atoms with Gasteiger partial charge < -0.3 is 9.64 Å². The van der Waals surface area contributed by atoms with E-state index in [1.54, 1.807) is 10.9 Å². The van der Waals surface area contributed by atoms with Gasteiger partial charge in [-0.3, -0.25) is 4.79 Å². The first-order valence-electron chi connectivity index (χ1n) is 8.24. The maximum Gasteiger partial charge on any atom is 0.276 e.